The molecule has 1 aliphatic heterocycles. The first kappa shape index (κ1) is 32.7. The fraction of sp³-hybridized carbons (Fsp3) is 0.0392. The lowest BCUT2D eigenvalue weighted by molar-refractivity contribution is 0.409. The van der Waals surface area contributed by atoms with E-state index >= 15 is 0 Å². The first-order valence-corrected chi connectivity index (χ1v) is 21.0. The van der Waals surface area contributed by atoms with Gasteiger partial charge in [-0.25, -0.2) is 4.99 Å². The Labute approximate surface area is 337 Å². The van der Waals surface area contributed by atoms with Crippen molar-refractivity contribution in [3.8, 4) is 16.8 Å². The lowest BCUT2D eigenvalue weighted by Gasteiger charge is -2.32. The SMILES string of the molecule is c1ccc(C2N=C(c3ccc4sc5cccc(-c6cccc7c6sc6ccc(-n8c9ccccc9c9ccccc98)cc67)c5c4c3)NC(c3ccccc3)N2)cc1. The van der Waals surface area contributed by atoms with Crippen molar-refractivity contribution in [3.63, 3.8) is 0 Å². The van der Waals surface area contributed by atoms with Crippen LogP contribution < -0.4 is 10.6 Å². The summed E-state index contributed by atoms with van der Waals surface area (Å²) < 4.78 is 7.59. The molecule has 11 aromatic rings. The van der Waals surface area contributed by atoms with Crippen LogP contribution in [0.5, 0.6) is 0 Å². The van der Waals surface area contributed by atoms with Gasteiger partial charge in [-0.3, -0.25) is 5.32 Å². The number of hydrogen-bond donors (Lipinski definition) is 2. The summed E-state index contributed by atoms with van der Waals surface area (Å²) in [6.07, 6.45) is -0.269. The smallest absolute Gasteiger partial charge is 0.131 e. The van der Waals surface area contributed by atoms with Gasteiger partial charge in [-0.1, -0.05) is 127 Å². The highest BCUT2D eigenvalue weighted by atomic mass is 32.1. The minimum Gasteiger partial charge on any atom is -0.350 e. The number of para-hydroxylation sites is 2. The summed E-state index contributed by atoms with van der Waals surface area (Å²) in [5.74, 6) is 0.890. The Morgan fingerprint density at radius 2 is 1.12 bits per heavy atom. The zero-order chi connectivity index (χ0) is 37.5. The lowest BCUT2D eigenvalue weighted by atomic mass is 9.97. The molecule has 4 nitrogen and oxygen atoms in total. The molecule has 3 aromatic heterocycles. The van der Waals surface area contributed by atoms with E-state index in [0.717, 1.165) is 17.0 Å². The third-order valence-electron chi connectivity index (χ3n) is 11.5. The van der Waals surface area contributed by atoms with Crippen molar-refractivity contribution in [3.05, 3.63) is 199 Å². The molecule has 57 heavy (non-hydrogen) atoms. The van der Waals surface area contributed by atoms with E-state index < -0.39 is 0 Å². The molecule has 4 heterocycles. The van der Waals surface area contributed by atoms with Crippen molar-refractivity contribution in [1.82, 2.24) is 15.2 Å². The molecule has 0 fully saturated rings. The third-order valence-corrected chi connectivity index (χ3v) is 13.8. The van der Waals surface area contributed by atoms with Crippen LogP contribution in [0.1, 0.15) is 29.0 Å². The summed E-state index contributed by atoms with van der Waals surface area (Å²) in [6.45, 7) is 0. The molecule has 0 bridgehead atoms. The van der Waals surface area contributed by atoms with E-state index in [1.54, 1.807) is 0 Å². The Kier molecular flexibility index (Phi) is 7.45. The monoisotopic (exact) mass is 766 g/mol. The van der Waals surface area contributed by atoms with Crippen LogP contribution >= 0.6 is 22.7 Å². The number of nitrogens with one attached hydrogen (secondary N) is 2. The molecule has 270 valence electrons. The second-order valence-electron chi connectivity index (χ2n) is 14.8. The minimum absolute atomic E-state index is 0.0876. The Hall–Kier alpha value is -6.57. The molecular weight excluding hydrogens is 733 g/mol. The molecule has 0 amide bonds. The number of aliphatic imine (C=N–C) groups is 1. The van der Waals surface area contributed by atoms with Crippen molar-refractivity contribution in [2.45, 2.75) is 12.3 Å². The fourth-order valence-electron chi connectivity index (χ4n) is 8.87. The van der Waals surface area contributed by atoms with Crippen molar-refractivity contribution >= 4 is 90.7 Å². The van der Waals surface area contributed by atoms with Crippen LogP contribution in [0.4, 0.5) is 0 Å². The topological polar surface area (TPSA) is 41.4 Å². The summed E-state index contributed by atoms with van der Waals surface area (Å²) >= 11 is 3.75. The molecule has 12 rings (SSSR count). The summed E-state index contributed by atoms with van der Waals surface area (Å²) in [4.78, 5) is 5.27. The van der Waals surface area contributed by atoms with E-state index in [1.165, 1.54) is 84.5 Å². The molecule has 2 N–H and O–H groups in total. The molecule has 0 saturated carbocycles. The number of amidine groups is 1. The van der Waals surface area contributed by atoms with E-state index in [4.69, 9.17) is 4.99 Å². The zero-order valence-corrected chi connectivity index (χ0v) is 32.3. The van der Waals surface area contributed by atoms with Crippen molar-refractivity contribution in [2.75, 3.05) is 0 Å². The predicted molar refractivity (Wildman–Crippen MR) is 243 cm³/mol. The van der Waals surface area contributed by atoms with E-state index in [9.17, 15) is 0 Å². The average Bonchev–Trinajstić information content (AvgIpc) is 3.96. The van der Waals surface area contributed by atoms with Crippen LogP contribution in [-0.4, -0.2) is 10.4 Å². The van der Waals surface area contributed by atoms with Gasteiger partial charge in [0.1, 0.15) is 18.2 Å². The molecule has 0 saturated heterocycles. The molecule has 0 spiro atoms. The largest absolute Gasteiger partial charge is 0.350 e. The molecule has 6 heteroatoms. The van der Waals surface area contributed by atoms with Gasteiger partial charge in [-0.05, 0) is 71.3 Å². The van der Waals surface area contributed by atoms with Gasteiger partial charge in [0.05, 0.1) is 11.0 Å². The molecule has 8 aromatic carbocycles. The van der Waals surface area contributed by atoms with E-state index in [2.05, 4.69) is 197 Å². The lowest BCUT2D eigenvalue weighted by Crippen LogP contribution is -2.44. The van der Waals surface area contributed by atoms with Crippen LogP contribution in [0.15, 0.2) is 187 Å². The Morgan fingerprint density at radius 1 is 0.474 bits per heavy atom. The maximum absolute atomic E-state index is 5.27. The van der Waals surface area contributed by atoms with Crippen LogP contribution in [-0.2, 0) is 0 Å². The summed E-state index contributed by atoms with van der Waals surface area (Å²) in [6, 6.07) is 66.0. The standard InChI is InChI=1S/C51H34N4S2/c1-3-13-31(14-4-1)49-52-50(32-15-5-2-6-16-32)54-51(53-49)33-25-27-45-41(29-33)47-37(19-12-24-46(47)56-45)38-20-11-21-39-40-30-34(26-28-44(40)57-48(38)39)55-42-22-9-7-17-35(42)36-18-8-10-23-43(36)55/h1-30,49-50,52H,(H,53,54). The molecule has 2 atom stereocenters. The molecule has 0 aliphatic carbocycles. The van der Waals surface area contributed by atoms with Gasteiger partial charge in [0.2, 0.25) is 0 Å². The van der Waals surface area contributed by atoms with E-state index in [0.29, 0.717) is 0 Å². The van der Waals surface area contributed by atoms with Gasteiger partial charge in [-0.2, -0.15) is 0 Å². The van der Waals surface area contributed by atoms with Gasteiger partial charge in [-0.15, -0.1) is 22.7 Å². The molecule has 2 unspecified atom stereocenters. The normalized spacial score (nSPS) is 15.9. The minimum atomic E-state index is -0.181. The molecular formula is C51H34N4S2. The van der Waals surface area contributed by atoms with Crippen LogP contribution in [0, 0.1) is 0 Å². The van der Waals surface area contributed by atoms with Crippen molar-refractivity contribution < 1.29 is 0 Å². The number of fused-ring (bicyclic) bond motifs is 9. The number of rotatable bonds is 5. The summed E-state index contributed by atoms with van der Waals surface area (Å²) in [7, 11) is 0. The first-order valence-electron chi connectivity index (χ1n) is 19.4. The molecule has 1 aliphatic rings. The predicted octanol–water partition coefficient (Wildman–Crippen LogP) is 13.5. The summed E-state index contributed by atoms with van der Waals surface area (Å²) in [5, 5.41) is 15.2. The number of aromatic nitrogens is 1. The third kappa shape index (κ3) is 5.26. The van der Waals surface area contributed by atoms with Gasteiger partial charge in [0.25, 0.3) is 0 Å². The fourth-order valence-corrected chi connectivity index (χ4v) is 11.2. The van der Waals surface area contributed by atoms with Gasteiger partial charge < -0.3 is 9.88 Å². The van der Waals surface area contributed by atoms with E-state index in [-0.39, 0.29) is 12.3 Å². The van der Waals surface area contributed by atoms with Crippen molar-refractivity contribution in [2.24, 2.45) is 4.99 Å². The molecule has 0 radical (unpaired) electrons. The van der Waals surface area contributed by atoms with Crippen molar-refractivity contribution in [1.29, 1.82) is 0 Å². The zero-order valence-electron chi connectivity index (χ0n) is 30.7. The average molecular weight is 767 g/mol. The number of hydrogen-bond acceptors (Lipinski definition) is 5. The highest BCUT2D eigenvalue weighted by molar-refractivity contribution is 7.26. The van der Waals surface area contributed by atoms with Gasteiger partial charge in [0, 0.05) is 67.9 Å². The van der Waals surface area contributed by atoms with E-state index in [1.807, 2.05) is 22.7 Å². The van der Waals surface area contributed by atoms with Crippen LogP contribution in [0.25, 0.3) is 79.0 Å². The Morgan fingerprint density at radius 3 is 1.91 bits per heavy atom. The van der Waals surface area contributed by atoms with Crippen LogP contribution in [0.2, 0.25) is 0 Å². The number of nitrogens with zero attached hydrogens (tertiary/aromatic N) is 2. The maximum Gasteiger partial charge on any atom is 0.131 e. The second kappa shape index (κ2) is 13.0. The maximum atomic E-state index is 5.27. The second-order valence-corrected chi connectivity index (χ2v) is 16.9. The number of benzene rings is 8. The Bertz CT molecular complexity index is 3320. The summed E-state index contributed by atoms with van der Waals surface area (Å²) in [5.41, 5.74) is 9.57. The quantitative estimate of drug-likeness (QED) is 0.183. The van der Waals surface area contributed by atoms with Gasteiger partial charge in [0.15, 0.2) is 0 Å². The van der Waals surface area contributed by atoms with Crippen LogP contribution in [0.3, 0.4) is 0 Å². The van der Waals surface area contributed by atoms with Gasteiger partial charge >= 0.3 is 0 Å². The highest BCUT2D eigenvalue weighted by Crippen LogP contribution is 2.46. The Balaban J connectivity index is 1.00. The number of thiophene rings is 2. The highest BCUT2D eigenvalue weighted by Gasteiger charge is 2.26. The first-order chi connectivity index (χ1) is 28.2.